The number of aromatic nitrogens is 1. The fourth-order valence-corrected chi connectivity index (χ4v) is 1.62. The summed E-state index contributed by atoms with van der Waals surface area (Å²) >= 11 is 0. The van der Waals surface area contributed by atoms with E-state index in [1.807, 2.05) is 18.2 Å². The van der Waals surface area contributed by atoms with Gasteiger partial charge in [0.1, 0.15) is 6.04 Å². The Morgan fingerprint density at radius 1 is 1.53 bits per heavy atom. The number of methoxy groups -OCH3 is 1. The van der Waals surface area contributed by atoms with Gasteiger partial charge in [-0.05, 0) is 25.0 Å². The summed E-state index contributed by atoms with van der Waals surface area (Å²) < 4.78 is 4.65. The number of hydrogen-bond donors (Lipinski definition) is 0. The van der Waals surface area contributed by atoms with Crippen LogP contribution in [0.5, 0.6) is 0 Å². The first-order valence-corrected chi connectivity index (χ1v) is 4.87. The summed E-state index contributed by atoms with van der Waals surface area (Å²) in [6.07, 6.45) is 3.23. The Balaban J connectivity index is 2.17. The summed E-state index contributed by atoms with van der Waals surface area (Å²) in [6.45, 7) is 0. The van der Waals surface area contributed by atoms with Crippen LogP contribution < -0.4 is 0 Å². The molecule has 1 aromatic heterocycles. The van der Waals surface area contributed by atoms with Crippen LogP contribution in [-0.4, -0.2) is 29.8 Å². The van der Waals surface area contributed by atoms with E-state index in [4.69, 9.17) is 0 Å². The van der Waals surface area contributed by atoms with Gasteiger partial charge in [-0.1, -0.05) is 6.07 Å². The smallest absolute Gasteiger partial charge is 0.330 e. The van der Waals surface area contributed by atoms with Gasteiger partial charge in [-0.2, -0.15) is 0 Å². The monoisotopic (exact) mass is 204 g/mol. The molecule has 0 unspecified atom stereocenters. The van der Waals surface area contributed by atoms with E-state index >= 15 is 0 Å². The van der Waals surface area contributed by atoms with E-state index in [2.05, 4.69) is 14.7 Å². The lowest BCUT2D eigenvalue weighted by atomic mass is 10.1. The van der Waals surface area contributed by atoms with Crippen LogP contribution in [0.3, 0.4) is 0 Å². The fraction of sp³-hybridized carbons (Fsp3) is 0.364. The molecule has 1 aliphatic rings. The summed E-state index contributed by atoms with van der Waals surface area (Å²) in [6, 6.07) is 5.33. The van der Waals surface area contributed by atoms with Crippen molar-refractivity contribution in [1.82, 2.24) is 4.98 Å². The molecular formula is C11H12N2O2. The van der Waals surface area contributed by atoms with Crippen LogP contribution in [0, 0.1) is 0 Å². The van der Waals surface area contributed by atoms with Crippen LogP contribution in [-0.2, 0) is 9.53 Å². The maximum Gasteiger partial charge on any atom is 0.330 e. The van der Waals surface area contributed by atoms with Crippen molar-refractivity contribution in [3.8, 4) is 0 Å². The van der Waals surface area contributed by atoms with Crippen molar-refractivity contribution in [2.45, 2.75) is 18.9 Å². The third-order valence-electron chi connectivity index (χ3n) is 2.40. The second-order valence-corrected chi connectivity index (χ2v) is 3.37. The molecule has 4 nitrogen and oxygen atoms in total. The number of rotatable bonds is 2. The molecule has 0 amide bonds. The highest BCUT2D eigenvalue weighted by atomic mass is 16.5. The zero-order valence-corrected chi connectivity index (χ0v) is 8.51. The predicted octanol–water partition coefficient (Wildman–Crippen LogP) is 1.21. The number of aliphatic imine (C=N–C) groups is 1. The number of nitrogens with zero attached hydrogens (tertiary/aromatic N) is 2. The molecule has 0 radical (unpaired) electrons. The van der Waals surface area contributed by atoms with Gasteiger partial charge in [-0.25, -0.2) is 4.79 Å². The summed E-state index contributed by atoms with van der Waals surface area (Å²) in [4.78, 5) is 19.7. The zero-order valence-electron chi connectivity index (χ0n) is 8.51. The maximum absolute atomic E-state index is 11.2. The molecule has 15 heavy (non-hydrogen) atoms. The molecule has 1 atom stereocenters. The molecule has 0 aliphatic carbocycles. The third kappa shape index (κ3) is 2.03. The van der Waals surface area contributed by atoms with Gasteiger partial charge in [0.15, 0.2) is 0 Å². The summed E-state index contributed by atoms with van der Waals surface area (Å²) in [5.41, 5.74) is 1.75. The van der Waals surface area contributed by atoms with Crippen LogP contribution in [0.15, 0.2) is 29.4 Å². The van der Waals surface area contributed by atoms with Crippen LogP contribution in [0.4, 0.5) is 0 Å². The van der Waals surface area contributed by atoms with E-state index < -0.39 is 0 Å². The van der Waals surface area contributed by atoms with Crippen molar-refractivity contribution >= 4 is 11.7 Å². The predicted molar refractivity (Wildman–Crippen MR) is 55.8 cm³/mol. The molecule has 0 fully saturated rings. The van der Waals surface area contributed by atoms with Gasteiger partial charge in [-0.3, -0.25) is 9.98 Å². The van der Waals surface area contributed by atoms with Crippen LogP contribution >= 0.6 is 0 Å². The number of hydrogen-bond acceptors (Lipinski definition) is 4. The number of ether oxygens (including phenoxy) is 1. The van der Waals surface area contributed by atoms with Gasteiger partial charge in [0, 0.05) is 6.20 Å². The Hall–Kier alpha value is -1.71. The Labute approximate surface area is 88.0 Å². The molecule has 1 aliphatic heterocycles. The summed E-state index contributed by atoms with van der Waals surface area (Å²) in [5.74, 6) is -0.263. The minimum Gasteiger partial charge on any atom is -0.467 e. The number of carbonyl (C=O) groups excluding carboxylic acids is 1. The SMILES string of the molecule is COC(=O)[C@@H]1CCC(c2ccccn2)=N1. The number of pyridine rings is 1. The zero-order chi connectivity index (χ0) is 10.7. The first-order valence-electron chi connectivity index (χ1n) is 4.87. The Kier molecular flexibility index (Phi) is 2.76. The standard InChI is InChI=1S/C11H12N2O2/c1-15-11(14)10-6-5-9(13-10)8-4-2-3-7-12-8/h2-4,7,10H,5-6H2,1H3/t10-/m0/s1. The molecule has 0 bridgehead atoms. The summed E-state index contributed by atoms with van der Waals surface area (Å²) in [7, 11) is 1.39. The van der Waals surface area contributed by atoms with Gasteiger partial charge >= 0.3 is 5.97 Å². The largest absolute Gasteiger partial charge is 0.467 e. The second kappa shape index (κ2) is 4.21. The van der Waals surface area contributed by atoms with Crippen molar-refractivity contribution in [3.63, 3.8) is 0 Å². The van der Waals surface area contributed by atoms with Crippen molar-refractivity contribution in [2.24, 2.45) is 4.99 Å². The van der Waals surface area contributed by atoms with E-state index in [0.717, 1.165) is 24.2 Å². The van der Waals surface area contributed by atoms with Gasteiger partial charge in [0.25, 0.3) is 0 Å². The molecular weight excluding hydrogens is 192 g/mol. The van der Waals surface area contributed by atoms with Crippen molar-refractivity contribution < 1.29 is 9.53 Å². The average molecular weight is 204 g/mol. The minimum absolute atomic E-state index is 0.263. The Morgan fingerprint density at radius 3 is 3.07 bits per heavy atom. The average Bonchev–Trinajstić information content (AvgIpc) is 2.78. The normalized spacial score (nSPS) is 19.8. The van der Waals surface area contributed by atoms with Gasteiger partial charge in [0.05, 0.1) is 18.5 Å². The number of esters is 1. The van der Waals surface area contributed by atoms with E-state index in [0.29, 0.717) is 0 Å². The lowest BCUT2D eigenvalue weighted by Crippen LogP contribution is -2.16. The van der Waals surface area contributed by atoms with Gasteiger partial charge in [-0.15, -0.1) is 0 Å². The highest BCUT2D eigenvalue weighted by molar-refractivity contribution is 6.02. The van der Waals surface area contributed by atoms with E-state index in [9.17, 15) is 4.79 Å². The molecule has 0 saturated carbocycles. The topological polar surface area (TPSA) is 51.5 Å². The second-order valence-electron chi connectivity index (χ2n) is 3.37. The van der Waals surface area contributed by atoms with E-state index in [-0.39, 0.29) is 12.0 Å². The quantitative estimate of drug-likeness (QED) is 0.680. The lowest BCUT2D eigenvalue weighted by molar-refractivity contribution is -0.141. The minimum atomic E-state index is -0.341. The molecule has 4 heteroatoms. The molecule has 78 valence electrons. The van der Waals surface area contributed by atoms with Crippen molar-refractivity contribution in [2.75, 3.05) is 7.11 Å². The molecule has 2 heterocycles. The molecule has 0 saturated heterocycles. The molecule has 0 N–H and O–H groups in total. The highest BCUT2D eigenvalue weighted by Crippen LogP contribution is 2.18. The molecule has 0 aromatic carbocycles. The highest BCUT2D eigenvalue weighted by Gasteiger charge is 2.25. The van der Waals surface area contributed by atoms with E-state index in [1.165, 1.54) is 7.11 Å². The van der Waals surface area contributed by atoms with Crippen molar-refractivity contribution in [1.29, 1.82) is 0 Å². The van der Waals surface area contributed by atoms with Gasteiger partial charge in [0.2, 0.25) is 0 Å². The first-order chi connectivity index (χ1) is 7.31. The molecule has 1 aromatic rings. The van der Waals surface area contributed by atoms with Crippen molar-refractivity contribution in [3.05, 3.63) is 30.1 Å². The van der Waals surface area contributed by atoms with Crippen LogP contribution in [0.1, 0.15) is 18.5 Å². The van der Waals surface area contributed by atoms with Gasteiger partial charge < -0.3 is 4.74 Å². The molecule has 2 rings (SSSR count). The number of carbonyl (C=O) groups is 1. The maximum atomic E-state index is 11.2. The lowest BCUT2D eigenvalue weighted by Gasteiger charge is -2.01. The van der Waals surface area contributed by atoms with E-state index in [1.54, 1.807) is 6.20 Å². The summed E-state index contributed by atoms with van der Waals surface area (Å²) in [5, 5.41) is 0. The Morgan fingerprint density at radius 2 is 2.40 bits per heavy atom. The van der Waals surface area contributed by atoms with Crippen LogP contribution in [0.25, 0.3) is 0 Å². The van der Waals surface area contributed by atoms with Crippen LogP contribution in [0.2, 0.25) is 0 Å². The third-order valence-corrected chi connectivity index (χ3v) is 2.40. The fourth-order valence-electron chi connectivity index (χ4n) is 1.62. The molecule has 0 spiro atoms. The first kappa shape index (κ1) is 9.83. The Bertz CT molecular complexity index is 387.